The summed E-state index contributed by atoms with van der Waals surface area (Å²) >= 11 is 6.35. The van der Waals surface area contributed by atoms with Gasteiger partial charge in [-0.15, -0.1) is 0 Å². The lowest BCUT2D eigenvalue weighted by Gasteiger charge is -2.48. The summed E-state index contributed by atoms with van der Waals surface area (Å²) in [4.78, 5) is 0. The maximum absolute atomic E-state index is 9.94. The number of hydrazine groups is 1. The highest BCUT2D eigenvalue weighted by Crippen LogP contribution is 2.53. The van der Waals surface area contributed by atoms with Gasteiger partial charge in [0.1, 0.15) is 17.4 Å². The van der Waals surface area contributed by atoms with E-state index in [1.165, 1.54) is 0 Å². The third-order valence-electron chi connectivity index (χ3n) is 5.37. The second-order valence-electron chi connectivity index (χ2n) is 6.90. The molecule has 0 spiro atoms. The molecule has 134 valence electrons. The van der Waals surface area contributed by atoms with E-state index < -0.39 is 5.41 Å². The summed E-state index contributed by atoms with van der Waals surface area (Å²) in [5.41, 5.74) is 13.2. The number of halogens is 1. The Morgan fingerprint density at radius 2 is 2.08 bits per heavy atom. The predicted octanol–water partition coefficient (Wildman–Crippen LogP) is 2.41. The lowest BCUT2D eigenvalue weighted by atomic mass is 9.57. The van der Waals surface area contributed by atoms with Crippen LogP contribution in [0.5, 0.6) is 5.75 Å². The van der Waals surface area contributed by atoms with E-state index in [2.05, 4.69) is 37.7 Å². The number of rotatable bonds is 3. The van der Waals surface area contributed by atoms with Crippen molar-refractivity contribution < 1.29 is 9.47 Å². The molecular weight excluding hydrogens is 340 g/mol. The fourth-order valence-corrected chi connectivity index (χ4v) is 4.59. The highest BCUT2D eigenvalue weighted by molar-refractivity contribution is 6.30. The van der Waals surface area contributed by atoms with Crippen molar-refractivity contribution in [3.05, 3.63) is 40.2 Å². The predicted molar refractivity (Wildman–Crippen MR) is 95.4 cm³/mol. The Morgan fingerprint density at radius 3 is 2.68 bits per heavy atom. The number of nitriles is 1. The van der Waals surface area contributed by atoms with Crippen LogP contribution in [0.25, 0.3) is 0 Å². The zero-order valence-corrected chi connectivity index (χ0v) is 15.5. The molecule has 2 aliphatic rings. The summed E-state index contributed by atoms with van der Waals surface area (Å²) in [6.07, 6.45) is -0.334. The monoisotopic (exact) mass is 362 g/mol. The van der Waals surface area contributed by atoms with Gasteiger partial charge >= 0.3 is 0 Å². The Bertz CT molecular complexity index is 758. The van der Waals surface area contributed by atoms with E-state index in [9.17, 15) is 5.26 Å². The summed E-state index contributed by atoms with van der Waals surface area (Å²) in [5.74, 6) is 0.829. The van der Waals surface area contributed by atoms with E-state index in [1.54, 1.807) is 13.2 Å². The fraction of sp³-hybridized carbons (Fsp3) is 0.500. The van der Waals surface area contributed by atoms with E-state index in [-0.39, 0.29) is 30.0 Å². The smallest absolute Gasteiger partial charge is 0.200 e. The van der Waals surface area contributed by atoms with Crippen molar-refractivity contribution in [2.24, 2.45) is 17.6 Å². The third kappa shape index (κ3) is 2.54. The zero-order chi connectivity index (χ0) is 18.4. The first-order valence-electron chi connectivity index (χ1n) is 8.29. The van der Waals surface area contributed by atoms with E-state index in [0.717, 1.165) is 5.56 Å². The van der Waals surface area contributed by atoms with Crippen molar-refractivity contribution in [3.63, 3.8) is 0 Å². The molecule has 0 saturated carbocycles. The average molecular weight is 363 g/mol. The molecule has 0 bridgehead atoms. The maximum atomic E-state index is 9.94. The number of benzene rings is 1. The summed E-state index contributed by atoms with van der Waals surface area (Å²) in [6, 6.07) is 7.95. The van der Waals surface area contributed by atoms with Crippen LogP contribution in [0.1, 0.15) is 26.3 Å². The minimum absolute atomic E-state index is 0.0439. The Kier molecular flexibility index (Phi) is 4.58. The number of fused-ring (bicyclic) bond motifs is 1. The third-order valence-corrected chi connectivity index (χ3v) is 5.58. The first kappa shape index (κ1) is 17.9. The molecule has 2 aliphatic heterocycles. The summed E-state index contributed by atoms with van der Waals surface area (Å²) < 4.78 is 11.2. The molecule has 4 unspecified atom stereocenters. The molecular formula is C18H23ClN4O2. The number of hydrogen-bond acceptors (Lipinski definition) is 6. The van der Waals surface area contributed by atoms with Crippen molar-refractivity contribution in [3.8, 4) is 11.8 Å². The minimum Gasteiger partial charge on any atom is -0.497 e. The summed E-state index contributed by atoms with van der Waals surface area (Å²) in [6.45, 7) is 6.24. The second-order valence-corrected chi connectivity index (χ2v) is 7.33. The fourth-order valence-electron chi connectivity index (χ4n) is 4.37. The van der Waals surface area contributed by atoms with Crippen LogP contribution in [0.3, 0.4) is 0 Å². The first-order valence-corrected chi connectivity index (χ1v) is 8.67. The van der Waals surface area contributed by atoms with Crippen LogP contribution in [-0.2, 0) is 10.2 Å². The normalized spacial score (nSPS) is 31.5. The largest absolute Gasteiger partial charge is 0.497 e. The molecule has 1 aromatic carbocycles. The molecule has 1 saturated heterocycles. The van der Waals surface area contributed by atoms with Gasteiger partial charge in [-0.1, -0.05) is 25.4 Å². The molecule has 4 atom stereocenters. The average Bonchev–Trinajstić information content (AvgIpc) is 2.93. The van der Waals surface area contributed by atoms with Crippen LogP contribution in [0.15, 0.2) is 29.7 Å². The van der Waals surface area contributed by atoms with Crippen LogP contribution in [0.4, 0.5) is 0 Å². The Morgan fingerprint density at radius 1 is 1.36 bits per heavy atom. The topological polar surface area (TPSA) is 92.3 Å². The summed E-state index contributed by atoms with van der Waals surface area (Å²) in [5, 5.41) is 10.5. The van der Waals surface area contributed by atoms with Crippen molar-refractivity contribution in [1.82, 2.24) is 10.9 Å². The molecule has 0 aliphatic carbocycles. The quantitative estimate of drug-likeness (QED) is 0.764. The van der Waals surface area contributed by atoms with E-state index in [0.29, 0.717) is 16.3 Å². The Balaban J connectivity index is 2.35. The number of nitrogens with one attached hydrogen (secondary N) is 2. The Hall–Kier alpha value is -1.94. The maximum Gasteiger partial charge on any atom is 0.200 e. The van der Waals surface area contributed by atoms with Gasteiger partial charge in [-0.2, -0.15) is 5.26 Å². The van der Waals surface area contributed by atoms with Gasteiger partial charge in [-0.05, 0) is 36.6 Å². The van der Waals surface area contributed by atoms with Crippen LogP contribution in [-0.4, -0.2) is 19.4 Å². The molecule has 0 amide bonds. The van der Waals surface area contributed by atoms with Gasteiger partial charge in [0.2, 0.25) is 5.88 Å². The van der Waals surface area contributed by atoms with E-state index in [4.69, 9.17) is 26.8 Å². The molecule has 25 heavy (non-hydrogen) atoms. The number of nitrogens with two attached hydrogens (primary N) is 1. The van der Waals surface area contributed by atoms with E-state index in [1.807, 2.05) is 12.1 Å². The van der Waals surface area contributed by atoms with Crippen molar-refractivity contribution in [2.45, 2.75) is 38.5 Å². The van der Waals surface area contributed by atoms with Crippen LogP contribution >= 0.6 is 11.6 Å². The highest BCUT2D eigenvalue weighted by atomic mass is 35.5. The van der Waals surface area contributed by atoms with Crippen molar-refractivity contribution >= 4 is 11.6 Å². The standard InChI is InChI=1S/C18H23ClN4O2/c1-9(2)18(11-5-12(19)7-13(6-11)24-4)14(8-20)16(21)25-17-15(18)10(3)22-23-17/h5-7,9-10,15,17,22-23H,21H2,1-4H3. The van der Waals surface area contributed by atoms with Crippen LogP contribution in [0.2, 0.25) is 5.02 Å². The molecule has 1 fully saturated rings. The molecule has 2 heterocycles. The Labute approximate surface area is 152 Å². The van der Waals surface area contributed by atoms with Crippen molar-refractivity contribution in [1.29, 1.82) is 5.26 Å². The van der Waals surface area contributed by atoms with Gasteiger partial charge in [0, 0.05) is 22.4 Å². The molecule has 7 heteroatoms. The number of ether oxygens (including phenoxy) is 2. The number of methoxy groups -OCH3 is 1. The van der Waals surface area contributed by atoms with Crippen LogP contribution in [0, 0.1) is 23.2 Å². The lowest BCUT2D eigenvalue weighted by Crippen LogP contribution is -2.54. The molecule has 1 aromatic rings. The van der Waals surface area contributed by atoms with Crippen molar-refractivity contribution in [2.75, 3.05) is 7.11 Å². The van der Waals surface area contributed by atoms with Gasteiger partial charge in [-0.3, -0.25) is 5.43 Å². The van der Waals surface area contributed by atoms with Gasteiger partial charge in [0.05, 0.1) is 7.11 Å². The molecule has 6 nitrogen and oxygen atoms in total. The first-order chi connectivity index (χ1) is 11.9. The number of hydrogen-bond donors (Lipinski definition) is 3. The number of allylic oxidation sites excluding steroid dienone is 1. The SMILES string of the molecule is COc1cc(Cl)cc(C2(C(C)C)C(C#N)=C(N)OC3NNC(C)C32)c1. The zero-order valence-electron chi connectivity index (χ0n) is 14.8. The molecule has 0 radical (unpaired) electrons. The lowest BCUT2D eigenvalue weighted by molar-refractivity contribution is -0.00386. The van der Waals surface area contributed by atoms with Gasteiger partial charge < -0.3 is 15.2 Å². The molecule has 4 N–H and O–H groups in total. The van der Waals surface area contributed by atoms with Gasteiger partial charge in [0.25, 0.3) is 0 Å². The highest BCUT2D eigenvalue weighted by Gasteiger charge is 2.59. The molecule has 0 aromatic heterocycles. The van der Waals surface area contributed by atoms with Gasteiger partial charge in [0.15, 0.2) is 6.23 Å². The van der Waals surface area contributed by atoms with Crippen LogP contribution < -0.4 is 21.3 Å². The minimum atomic E-state index is -0.657. The second kappa shape index (κ2) is 6.41. The molecule has 3 rings (SSSR count). The number of nitrogens with zero attached hydrogens (tertiary/aromatic N) is 1. The van der Waals surface area contributed by atoms with Gasteiger partial charge in [-0.25, -0.2) is 5.43 Å². The summed E-state index contributed by atoms with van der Waals surface area (Å²) in [7, 11) is 1.60. The van der Waals surface area contributed by atoms with E-state index >= 15 is 0 Å².